The predicted octanol–water partition coefficient (Wildman–Crippen LogP) is 4.21. The fraction of sp³-hybridized carbons (Fsp3) is 0.435. The van der Waals surface area contributed by atoms with Gasteiger partial charge in [0.2, 0.25) is 0 Å². The zero-order valence-corrected chi connectivity index (χ0v) is 22.0. The van der Waals surface area contributed by atoms with Crippen molar-refractivity contribution in [3.05, 3.63) is 65.0 Å². The number of guanidine groups is 1. The zero-order chi connectivity index (χ0) is 22.7. The van der Waals surface area contributed by atoms with Crippen LogP contribution in [0.5, 0.6) is 5.75 Å². The van der Waals surface area contributed by atoms with Gasteiger partial charge in [-0.15, -0.1) is 24.0 Å². The molecule has 9 heteroatoms. The van der Waals surface area contributed by atoms with E-state index in [-0.39, 0.29) is 36.3 Å². The number of benzene rings is 2. The largest absolute Gasteiger partial charge is 0.494 e. The summed E-state index contributed by atoms with van der Waals surface area (Å²) >= 11 is 0. The topological polar surface area (TPSA) is 79.8 Å². The highest BCUT2D eigenvalue weighted by atomic mass is 127. The lowest BCUT2D eigenvalue weighted by Crippen LogP contribution is -2.37. The number of aryl methyl sites for hydroxylation is 1. The van der Waals surface area contributed by atoms with Crippen LogP contribution in [-0.2, 0) is 22.1 Å². The Labute approximate surface area is 208 Å². The lowest BCUT2D eigenvalue weighted by molar-refractivity contribution is 0.307. The first kappa shape index (κ1) is 28.2. The van der Waals surface area contributed by atoms with E-state index in [1.165, 1.54) is 23.8 Å². The predicted molar refractivity (Wildman–Crippen MR) is 139 cm³/mol. The van der Waals surface area contributed by atoms with Crippen molar-refractivity contribution in [1.82, 2.24) is 10.6 Å². The minimum absolute atomic E-state index is 0. The molecule has 0 radical (unpaired) electrons. The average molecular weight is 578 g/mol. The zero-order valence-electron chi connectivity index (χ0n) is 18.9. The molecule has 2 rings (SSSR count). The van der Waals surface area contributed by atoms with Crippen molar-refractivity contribution in [3.8, 4) is 5.75 Å². The molecule has 2 aromatic rings. The molecule has 178 valence electrons. The third-order valence-electron chi connectivity index (χ3n) is 4.49. The molecule has 2 aromatic carbocycles. The number of rotatable bonds is 11. The number of hydrogen-bond donors (Lipinski definition) is 2. The van der Waals surface area contributed by atoms with E-state index >= 15 is 0 Å². The molecular formula is C23H33FIN3O3S. The minimum Gasteiger partial charge on any atom is -0.494 e. The van der Waals surface area contributed by atoms with Crippen molar-refractivity contribution in [3.63, 3.8) is 0 Å². The second kappa shape index (κ2) is 14.3. The van der Waals surface area contributed by atoms with Gasteiger partial charge in [0.05, 0.1) is 18.9 Å². The van der Waals surface area contributed by atoms with E-state index in [9.17, 15) is 12.8 Å². The Balaban J connectivity index is 0.00000512. The molecule has 0 unspecified atom stereocenters. The summed E-state index contributed by atoms with van der Waals surface area (Å²) in [5.41, 5.74) is 2.33. The summed E-state index contributed by atoms with van der Waals surface area (Å²) in [6.45, 7) is 6.22. The number of aliphatic imine (C=N–C) groups is 1. The first-order chi connectivity index (χ1) is 14.8. The molecule has 0 aliphatic heterocycles. The Morgan fingerprint density at radius 2 is 1.78 bits per heavy atom. The van der Waals surface area contributed by atoms with Crippen molar-refractivity contribution in [2.24, 2.45) is 4.99 Å². The summed E-state index contributed by atoms with van der Waals surface area (Å²) in [5.74, 6) is 0.933. The van der Waals surface area contributed by atoms with Gasteiger partial charge in [-0.1, -0.05) is 23.8 Å². The van der Waals surface area contributed by atoms with Crippen molar-refractivity contribution in [2.45, 2.75) is 39.0 Å². The second-order valence-corrected chi connectivity index (χ2v) is 9.61. The summed E-state index contributed by atoms with van der Waals surface area (Å²) in [6.07, 6.45) is 2.95. The van der Waals surface area contributed by atoms with Gasteiger partial charge in [0.15, 0.2) is 15.8 Å². The Hall–Kier alpha value is -1.88. The average Bonchev–Trinajstić information content (AvgIpc) is 2.70. The third kappa shape index (κ3) is 11.1. The van der Waals surface area contributed by atoms with E-state index in [2.05, 4.69) is 15.6 Å². The Morgan fingerprint density at radius 1 is 1.06 bits per heavy atom. The molecule has 0 spiro atoms. The fourth-order valence-electron chi connectivity index (χ4n) is 2.93. The molecule has 0 amide bonds. The van der Waals surface area contributed by atoms with Crippen molar-refractivity contribution >= 4 is 39.8 Å². The second-order valence-electron chi connectivity index (χ2n) is 7.47. The highest BCUT2D eigenvalue weighted by Gasteiger charge is 2.10. The summed E-state index contributed by atoms with van der Waals surface area (Å²) in [4.78, 5) is 4.49. The maximum Gasteiger partial charge on any atom is 0.191 e. The van der Waals surface area contributed by atoms with Crippen LogP contribution in [0.1, 0.15) is 36.5 Å². The Bertz CT molecular complexity index is 967. The molecule has 0 fully saturated rings. The Kier molecular flexibility index (Phi) is 12.6. The molecule has 32 heavy (non-hydrogen) atoms. The van der Waals surface area contributed by atoms with Gasteiger partial charge >= 0.3 is 0 Å². The molecule has 0 heterocycles. The van der Waals surface area contributed by atoms with Gasteiger partial charge in [-0.05, 0) is 62.1 Å². The number of ether oxygens (including phenoxy) is 1. The molecule has 0 aliphatic rings. The molecule has 6 nitrogen and oxygen atoms in total. The van der Waals surface area contributed by atoms with Crippen LogP contribution in [0.15, 0.2) is 47.5 Å². The number of sulfone groups is 1. The number of nitrogens with zero attached hydrogens (tertiary/aromatic N) is 1. The van der Waals surface area contributed by atoms with E-state index < -0.39 is 15.7 Å². The van der Waals surface area contributed by atoms with E-state index in [1.807, 2.05) is 38.1 Å². The van der Waals surface area contributed by atoms with Gasteiger partial charge in [0.1, 0.15) is 11.6 Å². The van der Waals surface area contributed by atoms with Crippen LogP contribution in [0.2, 0.25) is 0 Å². The monoisotopic (exact) mass is 577 g/mol. The molecule has 0 saturated carbocycles. The van der Waals surface area contributed by atoms with Crippen molar-refractivity contribution < 1.29 is 17.5 Å². The highest BCUT2D eigenvalue weighted by molar-refractivity contribution is 14.0. The van der Waals surface area contributed by atoms with E-state index in [0.717, 1.165) is 24.8 Å². The van der Waals surface area contributed by atoms with Gasteiger partial charge in [-0.2, -0.15) is 0 Å². The SMILES string of the molecule is CCNC(=NCc1cc(F)ccc1CS(C)(=O)=O)NCCCCOc1ccc(C)cc1.I. The van der Waals surface area contributed by atoms with Crippen LogP contribution in [0, 0.1) is 12.7 Å². The number of unbranched alkanes of at least 4 members (excludes halogenated alkanes) is 1. The maximum absolute atomic E-state index is 13.7. The number of halogens is 2. The van der Waals surface area contributed by atoms with Crippen LogP contribution in [0.4, 0.5) is 4.39 Å². The van der Waals surface area contributed by atoms with Crippen molar-refractivity contribution in [1.29, 1.82) is 0 Å². The van der Waals surface area contributed by atoms with Crippen LogP contribution >= 0.6 is 24.0 Å². The van der Waals surface area contributed by atoms with E-state index in [4.69, 9.17) is 4.74 Å². The smallest absolute Gasteiger partial charge is 0.191 e. The standard InChI is InChI=1S/C23H32FN3O3S.HI/c1-4-25-23(26-13-5-6-14-30-22-11-7-18(2)8-12-22)27-16-20-15-21(24)10-9-19(20)17-31(3,28)29;/h7-12,15H,4-6,13-14,16-17H2,1-3H3,(H2,25,26,27);1H. The van der Waals surface area contributed by atoms with Crippen molar-refractivity contribution in [2.75, 3.05) is 26.0 Å². The molecular weight excluding hydrogens is 544 g/mol. The molecule has 0 aromatic heterocycles. The first-order valence-electron chi connectivity index (χ1n) is 10.4. The Morgan fingerprint density at radius 3 is 2.44 bits per heavy atom. The van der Waals surface area contributed by atoms with E-state index in [1.54, 1.807) is 0 Å². The molecule has 0 bridgehead atoms. The summed E-state index contributed by atoms with van der Waals surface area (Å²) in [6, 6.07) is 12.1. The van der Waals surface area contributed by atoms with Gasteiger partial charge < -0.3 is 15.4 Å². The number of nitrogens with one attached hydrogen (secondary N) is 2. The summed E-state index contributed by atoms with van der Waals surface area (Å²) < 4.78 is 42.7. The van der Waals surface area contributed by atoms with E-state index in [0.29, 0.717) is 36.8 Å². The third-order valence-corrected chi connectivity index (χ3v) is 5.33. The normalized spacial score (nSPS) is 11.6. The van der Waals surface area contributed by atoms with Crippen LogP contribution < -0.4 is 15.4 Å². The lowest BCUT2D eigenvalue weighted by atomic mass is 10.1. The minimum atomic E-state index is -3.22. The lowest BCUT2D eigenvalue weighted by Gasteiger charge is -2.13. The molecule has 0 aliphatic carbocycles. The quantitative estimate of drug-likeness (QED) is 0.181. The highest BCUT2D eigenvalue weighted by Crippen LogP contribution is 2.16. The van der Waals surface area contributed by atoms with Gasteiger partial charge in [-0.3, -0.25) is 0 Å². The van der Waals surface area contributed by atoms with Crippen LogP contribution in [0.25, 0.3) is 0 Å². The van der Waals surface area contributed by atoms with Gasteiger partial charge in [-0.25, -0.2) is 17.8 Å². The molecule has 0 saturated heterocycles. The van der Waals surface area contributed by atoms with Gasteiger partial charge in [0, 0.05) is 19.3 Å². The molecule has 2 N–H and O–H groups in total. The maximum atomic E-state index is 13.7. The van der Waals surface area contributed by atoms with Gasteiger partial charge in [0.25, 0.3) is 0 Å². The van der Waals surface area contributed by atoms with Crippen LogP contribution in [0.3, 0.4) is 0 Å². The first-order valence-corrected chi connectivity index (χ1v) is 12.5. The fourth-order valence-corrected chi connectivity index (χ4v) is 3.78. The summed E-state index contributed by atoms with van der Waals surface area (Å²) in [7, 11) is -3.22. The van der Waals surface area contributed by atoms with Crippen LogP contribution in [-0.4, -0.2) is 40.3 Å². The number of hydrogen-bond acceptors (Lipinski definition) is 4. The molecule has 0 atom stereocenters. The summed E-state index contributed by atoms with van der Waals surface area (Å²) in [5, 5.41) is 6.40.